The Kier molecular flexibility index (Phi) is 5.63. The van der Waals surface area contributed by atoms with Crippen LogP contribution in [0.1, 0.15) is 18.2 Å². The van der Waals surface area contributed by atoms with E-state index in [-0.39, 0.29) is 18.1 Å². The number of hydrogen-bond donors (Lipinski definition) is 0. The van der Waals surface area contributed by atoms with Crippen LogP contribution < -0.4 is 9.47 Å². The molecule has 3 aromatic rings. The number of nitrogens with zero attached hydrogens (tertiary/aromatic N) is 2. The van der Waals surface area contributed by atoms with E-state index in [4.69, 9.17) is 14.2 Å². The third kappa shape index (κ3) is 3.69. The molecule has 0 radical (unpaired) electrons. The summed E-state index contributed by atoms with van der Waals surface area (Å²) >= 11 is 0. The van der Waals surface area contributed by atoms with E-state index in [1.54, 1.807) is 31.2 Å². The molecule has 0 aliphatic rings. The van der Waals surface area contributed by atoms with Crippen LogP contribution in [0.25, 0.3) is 10.9 Å². The summed E-state index contributed by atoms with van der Waals surface area (Å²) in [6, 6.07) is 10.7. The van der Waals surface area contributed by atoms with Crippen LogP contribution in [0, 0.1) is 11.8 Å². The number of fused-ring (bicyclic) bond motifs is 1. The zero-order valence-electron chi connectivity index (χ0n) is 16.3. The Morgan fingerprint density at radius 3 is 2.54 bits per heavy atom. The highest BCUT2D eigenvalue weighted by Crippen LogP contribution is 2.41. The number of carbonyl (C=O) groups excluding carboxylic acids is 1. The van der Waals surface area contributed by atoms with Gasteiger partial charge in [0.15, 0.2) is 22.9 Å². The first-order chi connectivity index (χ1) is 13.5. The van der Waals surface area contributed by atoms with Gasteiger partial charge in [-0.1, -0.05) is 6.07 Å². The van der Waals surface area contributed by atoms with E-state index >= 15 is 0 Å². The molecule has 1 aromatic heterocycles. The molecule has 28 heavy (non-hydrogen) atoms. The number of nitroso groups, excluding NO2 is 1. The maximum atomic E-state index is 11.7. The van der Waals surface area contributed by atoms with E-state index in [2.05, 4.69) is 5.18 Å². The highest BCUT2D eigenvalue weighted by Gasteiger charge is 2.16. The lowest BCUT2D eigenvalue weighted by atomic mass is 10.1. The van der Waals surface area contributed by atoms with Crippen molar-refractivity contribution in [2.24, 2.45) is 12.2 Å². The Labute approximate surface area is 162 Å². The summed E-state index contributed by atoms with van der Waals surface area (Å²) in [5.41, 5.74) is 2.89. The first kappa shape index (κ1) is 19.4. The molecule has 0 N–H and O–H groups in total. The second-order valence-electron chi connectivity index (χ2n) is 6.35. The fraction of sp³-hybridized carbons (Fsp3) is 0.286. The van der Waals surface area contributed by atoms with Crippen LogP contribution in [0.2, 0.25) is 0 Å². The summed E-state index contributed by atoms with van der Waals surface area (Å²) in [7, 11) is 3.44. The van der Waals surface area contributed by atoms with Gasteiger partial charge in [-0.3, -0.25) is 4.79 Å². The van der Waals surface area contributed by atoms with Crippen molar-refractivity contribution in [3.63, 3.8) is 0 Å². The number of carbonyl (C=O) groups is 1. The fourth-order valence-corrected chi connectivity index (χ4v) is 3.09. The van der Waals surface area contributed by atoms with Crippen molar-refractivity contribution < 1.29 is 19.0 Å². The molecular weight excluding hydrogens is 360 g/mol. The number of benzene rings is 2. The maximum Gasteiger partial charge on any atom is 0.310 e. The molecule has 1 heterocycles. The number of ether oxygens (including phenoxy) is 3. The van der Waals surface area contributed by atoms with Gasteiger partial charge in [-0.15, -0.1) is 4.91 Å². The van der Waals surface area contributed by atoms with Crippen molar-refractivity contribution in [1.82, 2.24) is 4.57 Å². The fourth-order valence-electron chi connectivity index (χ4n) is 3.09. The molecule has 0 atom stereocenters. The lowest BCUT2D eigenvalue weighted by Crippen LogP contribution is -2.07. The molecule has 0 aliphatic heterocycles. The normalized spacial score (nSPS) is 10.7. The number of methoxy groups -OCH3 is 1. The van der Waals surface area contributed by atoms with Crippen LogP contribution in [0.3, 0.4) is 0 Å². The Morgan fingerprint density at radius 2 is 1.86 bits per heavy atom. The van der Waals surface area contributed by atoms with Gasteiger partial charge < -0.3 is 18.8 Å². The molecule has 3 rings (SSSR count). The van der Waals surface area contributed by atoms with Crippen LogP contribution in [-0.4, -0.2) is 24.3 Å². The van der Waals surface area contributed by atoms with Crippen molar-refractivity contribution in [3.8, 4) is 17.2 Å². The van der Waals surface area contributed by atoms with Crippen LogP contribution in [0.15, 0.2) is 41.6 Å². The van der Waals surface area contributed by atoms with Crippen LogP contribution in [-0.2, 0) is 23.0 Å². The molecular formula is C21H22N2O5. The van der Waals surface area contributed by atoms with Gasteiger partial charge >= 0.3 is 5.97 Å². The minimum absolute atomic E-state index is 0.140. The van der Waals surface area contributed by atoms with E-state index in [9.17, 15) is 9.70 Å². The lowest BCUT2D eigenvalue weighted by Gasteiger charge is -2.13. The molecule has 7 heteroatoms. The van der Waals surface area contributed by atoms with Crippen LogP contribution in [0.4, 0.5) is 5.69 Å². The van der Waals surface area contributed by atoms with E-state index in [1.165, 1.54) is 7.11 Å². The predicted octanol–water partition coefficient (Wildman–Crippen LogP) is 4.79. The zero-order valence-corrected chi connectivity index (χ0v) is 16.3. The minimum atomic E-state index is -0.310. The quantitative estimate of drug-likeness (QED) is 0.433. The van der Waals surface area contributed by atoms with Gasteiger partial charge in [-0.05, 0) is 54.9 Å². The van der Waals surface area contributed by atoms with Gasteiger partial charge in [0.25, 0.3) is 0 Å². The van der Waals surface area contributed by atoms with Crippen molar-refractivity contribution in [2.75, 3.05) is 13.7 Å². The Balaban J connectivity index is 1.95. The summed E-state index contributed by atoms with van der Waals surface area (Å²) in [6.45, 7) is 4.06. The topological polar surface area (TPSA) is 79.1 Å². The average Bonchev–Trinajstić information content (AvgIpc) is 2.97. The largest absolute Gasteiger partial charge is 0.493 e. The summed E-state index contributed by atoms with van der Waals surface area (Å²) in [4.78, 5) is 23.2. The van der Waals surface area contributed by atoms with Crippen LogP contribution in [0.5, 0.6) is 17.2 Å². The van der Waals surface area contributed by atoms with Crippen molar-refractivity contribution in [1.29, 1.82) is 0 Å². The smallest absolute Gasteiger partial charge is 0.310 e. The van der Waals surface area contributed by atoms with Gasteiger partial charge in [-0.2, -0.15) is 0 Å². The predicted molar refractivity (Wildman–Crippen MR) is 107 cm³/mol. The highest BCUT2D eigenvalue weighted by atomic mass is 16.5. The van der Waals surface area contributed by atoms with Crippen molar-refractivity contribution in [2.45, 2.75) is 20.3 Å². The highest BCUT2D eigenvalue weighted by molar-refractivity contribution is 5.95. The average molecular weight is 382 g/mol. The first-order valence-electron chi connectivity index (χ1n) is 8.91. The molecule has 146 valence electrons. The van der Waals surface area contributed by atoms with Gasteiger partial charge in [0.05, 0.1) is 25.7 Å². The van der Waals surface area contributed by atoms with E-state index < -0.39 is 0 Å². The second kappa shape index (κ2) is 8.12. The molecule has 7 nitrogen and oxygen atoms in total. The third-order valence-corrected chi connectivity index (χ3v) is 4.59. The number of aromatic nitrogens is 1. The van der Waals surface area contributed by atoms with E-state index in [0.29, 0.717) is 23.9 Å². The van der Waals surface area contributed by atoms with Gasteiger partial charge in [0, 0.05) is 18.1 Å². The molecule has 0 amide bonds. The zero-order chi connectivity index (χ0) is 20.3. The molecule has 0 unspecified atom stereocenters. The first-order valence-corrected chi connectivity index (χ1v) is 8.91. The van der Waals surface area contributed by atoms with Gasteiger partial charge in [0.2, 0.25) is 0 Å². The molecule has 0 saturated heterocycles. The number of aryl methyl sites for hydroxylation is 2. The number of esters is 1. The minimum Gasteiger partial charge on any atom is -0.493 e. The Bertz CT molecular complexity index is 1040. The second-order valence-corrected chi connectivity index (χ2v) is 6.35. The molecule has 0 spiro atoms. The lowest BCUT2D eigenvalue weighted by molar-refractivity contribution is -0.142. The Morgan fingerprint density at radius 1 is 1.11 bits per heavy atom. The molecule has 0 bridgehead atoms. The van der Waals surface area contributed by atoms with E-state index in [0.717, 1.165) is 22.2 Å². The van der Waals surface area contributed by atoms with Gasteiger partial charge in [-0.25, -0.2) is 0 Å². The van der Waals surface area contributed by atoms with Gasteiger partial charge in [0.1, 0.15) is 0 Å². The molecule has 0 fully saturated rings. The van der Waals surface area contributed by atoms with Crippen molar-refractivity contribution in [3.05, 3.63) is 52.6 Å². The Hall–Kier alpha value is -3.35. The SMILES string of the molecule is CCOC(=O)Cc1ccc(Oc2ccc3c(cc(C)n3C)c2N=O)c(OC)c1. The monoisotopic (exact) mass is 382 g/mol. The standard InChI is InChI=1S/C21H22N2O5/c1-5-27-20(24)12-14-6-8-17(19(11-14)26-4)28-18-9-7-16-15(21(18)22-25)10-13(2)23(16)3/h6-11H,5,12H2,1-4H3. The maximum absolute atomic E-state index is 11.7. The number of hydrogen-bond acceptors (Lipinski definition) is 6. The van der Waals surface area contributed by atoms with E-state index in [1.807, 2.05) is 30.7 Å². The summed E-state index contributed by atoms with van der Waals surface area (Å²) < 4.78 is 18.3. The molecule has 0 aliphatic carbocycles. The molecule has 2 aromatic carbocycles. The summed E-state index contributed by atoms with van der Waals surface area (Å²) in [5.74, 6) is 0.898. The van der Waals surface area contributed by atoms with Crippen molar-refractivity contribution >= 4 is 22.6 Å². The summed E-state index contributed by atoms with van der Waals surface area (Å²) in [6.07, 6.45) is 0.140. The third-order valence-electron chi connectivity index (χ3n) is 4.59. The molecule has 0 saturated carbocycles. The summed E-state index contributed by atoms with van der Waals surface area (Å²) in [5, 5.41) is 3.92. The van der Waals surface area contributed by atoms with Crippen LogP contribution >= 0.6 is 0 Å². The number of rotatable bonds is 7.